The van der Waals surface area contributed by atoms with Gasteiger partial charge in [0.1, 0.15) is 17.2 Å². The lowest BCUT2D eigenvalue weighted by Gasteiger charge is -2.12. The van der Waals surface area contributed by atoms with Gasteiger partial charge in [-0.2, -0.15) is 10.2 Å². The van der Waals surface area contributed by atoms with Crippen LogP contribution in [-0.4, -0.2) is 25.5 Å². The maximum absolute atomic E-state index is 13.9. The number of nitrogens with one attached hydrogen (secondary N) is 1. The van der Waals surface area contributed by atoms with E-state index in [2.05, 4.69) is 15.5 Å². The molecule has 2 heterocycles. The number of carbonyl (C=O) groups excluding carboxylic acids is 1. The molecule has 4 rings (SSSR count). The van der Waals surface area contributed by atoms with Crippen LogP contribution >= 0.6 is 11.6 Å². The summed E-state index contributed by atoms with van der Waals surface area (Å²) in [5.41, 5.74) is 1.43. The molecular formula is C19H13ClFN5O. The normalized spacial score (nSPS) is 10.7. The Morgan fingerprint density at radius 2 is 1.85 bits per heavy atom. The van der Waals surface area contributed by atoms with Crippen LogP contribution in [0, 0.1) is 5.82 Å². The topological polar surface area (TPSA) is 64.7 Å². The molecular weight excluding hydrogens is 369 g/mol. The van der Waals surface area contributed by atoms with Gasteiger partial charge in [0.2, 0.25) is 0 Å². The third kappa shape index (κ3) is 3.32. The number of hydrogen-bond donors (Lipinski definition) is 1. The van der Waals surface area contributed by atoms with Crippen molar-refractivity contribution in [3.63, 3.8) is 0 Å². The summed E-state index contributed by atoms with van der Waals surface area (Å²) in [4.78, 5) is 12.6. The number of halogens is 2. The molecule has 0 aliphatic heterocycles. The maximum atomic E-state index is 13.9. The molecule has 0 unspecified atom stereocenters. The summed E-state index contributed by atoms with van der Waals surface area (Å²) in [6.45, 7) is 0. The molecule has 8 heteroatoms. The lowest BCUT2D eigenvalue weighted by atomic mass is 10.2. The Morgan fingerprint density at radius 3 is 2.63 bits per heavy atom. The van der Waals surface area contributed by atoms with E-state index in [0.717, 1.165) is 0 Å². The second-order valence-electron chi connectivity index (χ2n) is 5.64. The summed E-state index contributed by atoms with van der Waals surface area (Å²) in [6.07, 6.45) is 4.87. The molecule has 0 radical (unpaired) electrons. The summed E-state index contributed by atoms with van der Waals surface area (Å²) in [5.74, 6) is -0.871. The lowest BCUT2D eigenvalue weighted by Crippen LogP contribution is -2.15. The van der Waals surface area contributed by atoms with Crippen LogP contribution in [0.15, 0.2) is 73.2 Å². The van der Waals surface area contributed by atoms with Crippen LogP contribution in [0.5, 0.6) is 0 Å². The molecule has 2 aromatic carbocycles. The van der Waals surface area contributed by atoms with E-state index in [4.69, 9.17) is 11.6 Å². The van der Waals surface area contributed by atoms with Gasteiger partial charge >= 0.3 is 0 Å². The number of aromatic nitrogens is 4. The molecule has 0 aliphatic carbocycles. The minimum Gasteiger partial charge on any atom is -0.319 e. The van der Waals surface area contributed by atoms with Crippen LogP contribution in [0.2, 0.25) is 5.02 Å². The van der Waals surface area contributed by atoms with Gasteiger partial charge in [-0.15, -0.1) is 0 Å². The fourth-order valence-electron chi connectivity index (χ4n) is 2.65. The zero-order valence-electron chi connectivity index (χ0n) is 13.9. The van der Waals surface area contributed by atoms with Crippen LogP contribution in [0.4, 0.5) is 10.1 Å². The average Bonchev–Trinajstić information content (AvgIpc) is 3.34. The van der Waals surface area contributed by atoms with Gasteiger partial charge in [-0.25, -0.2) is 13.8 Å². The van der Waals surface area contributed by atoms with Crippen molar-refractivity contribution >= 4 is 23.2 Å². The van der Waals surface area contributed by atoms with Gasteiger partial charge in [-0.3, -0.25) is 4.79 Å². The van der Waals surface area contributed by atoms with E-state index < -0.39 is 11.7 Å². The van der Waals surface area contributed by atoms with Gasteiger partial charge in [-0.05, 0) is 36.4 Å². The highest BCUT2D eigenvalue weighted by Gasteiger charge is 2.16. The molecule has 0 atom stereocenters. The van der Waals surface area contributed by atoms with E-state index >= 15 is 0 Å². The summed E-state index contributed by atoms with van der Waals surface area (Å²) in [5, 5.41) is 11.5. The van der Waals surface area contributed by atoms with Gasteiger partial charge in [0.15, 0.2) is 5.69 Å². The van der Waals surface area contributed by atoms with Crippen molar-refractivity contribution in [2.45, 2.75) is 0 Å². The number of nitrogens with zero attached hydrogens (tertiary/aromatic N) is 4. The lowest BCUT2D eigenvalue weighted by molar-refractivity contribution is 0.102. The predicted molar refractivity (Wildman–Crippen MR) is 100 cm³/mol. The smallest absolute Gasteiger partial charge is 0.276 e. The number of carbonyl (C=O) groups is 1. The van der Waals surface area contributed by atoms with E-state index in [1.807, 2.05) is 0 Å². The monoisotopic (exact) mass is 381 g/mol. The van der Waals surface area contributed by atoms with Crippen molar-refractivity contribution in [2.75, 3.05) is 5.32 Å². The number of hydrogen-bond acceptors (Lipinski definition) is 3. The fourth-order valence-corrected chi connectivity index (χ4v) is 2.91. The third-order valence-corrected chi connectivity index (χ3v) is 4.19. The minimum absolute atomic E-state index is 0.143. The van der Waals surface area contributed by atoms with E-state index in [1.54, 1.807) is 59.5 Å². The first-order valence-electron chi connectivity index (χ1n) is 8.04. The molecule has 0 saturated heterocycles. The Kier molecular flexibility index (Phi) is 4.43. The molecule has 2 aromatic heterocycles. The Bertz CT molecular complexity index is 1110. The number of benzene rings is 2. The molecule has 0 fully saturated rings. The third-order valence-electron chi connectivity index (χ3n) is 3.89. The first-order chi connectivity index (χ1) is 13.1. The van der Waals surface area contributed by atoms with Gasteiger partial charge in [0.25, 0.3) is 5.91 Å². The van der Waals surface area contributed by atoms with Crippen LogP contribution in [0.25, 0.3) is 11.4 Å². The highest BCUT2D eigenvalue weighted by molar-refractivity contribution is 6.33. The summed E-state index contributed by atoms with van der Waals surface area (Å²) >= 11 is 6.28. The highest BCUT2D eigenvalue weighted by atomic mass is 35.5. The SMILES string of the molecule is O=C(Nc1cccc(Cl)c1-n1cccn1)c1ccn(-c2ccccc2F)n1. The van der Waals surface area contributed by atoms with Crippen molar-refractivity contribution < 1.29 is 9.18 Å². The zero-order chi connectivity index (χ0) is 18.8. The molecule has 0 aliphatic rings. The van der Waals surface area contributed by atoms with Crippen molar-refractivity contribution in [1.29, 1.82) is 0 Å². The first-order valence-corrected chi connectivity index (χ1v) is 8.42. The fraction of sp³-hybridized carbons (Fsp3) is 0. The van der Waals surface area contributed by atoms with E-state index in [-0.39, 0.29) is 11.4 Å². The van der Waals surface area contributed by atoms with Crippen LogP contribution in [0.1, 0.15) is 10.5 Å². The molecule has 0 saturated carbocycles. The summed E-state index contributed by atoms with van der Waals surface area (Å²) in [6, 6.07) is 14.6. The standard InChI is InChI=1S/C19H13ClFN5O/c20-13-5-3-7-15(18(13)26-11-4-10-22-26)23-19(27)16-9-12-25(24-16)17-8-2-1-6-14(17)21/h1-12H,(H,23,27). The van der Waals surface area contributed by atoms with E-state index in [9.17, 15) is 9.18 Å². The first kappa shape index (κ1) is 17.0. The Labute approximate surface area is 158 Å². The number of para-hydroxylation sites is 2. The van der Waals surface area contributed by atoms with Gasteiger partial charge < -0.3 is 5.32 Å². The summed E-state index contributed by atoms with van der Waals surface area (Å²) < 4.78 is 16.8. The van der Waals surface area contributed by atoms with E-state index in [1.165, 1.54) is 23.0 Å². The Hall–Kier alpha value is -3.45. The minimum atomic E-state index is -0.444. The molecule has 0 bridgehead atoms. The zero-order valence-corrected chi connectivity index (χ0v) is 14.6. The molecule has 1 N–H and O–H groups in total. The van der Waals surface area contributed by atoms with E-state index in [0.29, 0.717) is 16.4 Å². The van der Waals surface area contributed by atoms with Crippen LogP contribution < -0.4 is 5.32 Å². The van der Waals surface area contributed by atoms with Crippen LogP contribution in [-0.2, 0) is 0 Å². The molecule has 1 amide bonds. The number of rotatable bonds is 4. The Morgan fingerprint density at radius 1 is 1.00 bits per heavy atom. The Balaban J connectivity index is 1.63. The number of amides is 1. The largest absolute Gasteiger partial charge is 0.319 e. The predicted octanol–water partition coefficient (Wildman–Crippen LogP) is 4.10. The molecule has 27 heavy (non-hydrogen) atoms. The average molecular weight is 382 g/mol. The molecule has 4 aromatic rings. The molecule has 0 spiro atoms. The summed E-state index contributed by atoms with van der Waals surface area (Å²) in [7, 11) is 0. The number of anilines is 1. The van der Waals surface area contributed by atoms with Crippen molar-refractivity contribution in [1.82, 2.24) is 19.6 Å². The quantitative estimate of drug-likeness (QED) is 0.578. The highest BCUT2D eigenvalue weighted by Crippen LogP contribution is 2.28. The van der Waals surface area contributed by atoms with Crippen molar-refractivity contribution in [2.24, 2.45) is 0 Å². The van der Waals surface area contributed by atoms with Gasteiger partial charge in [-0.1, -0.05) is 29.8 Å². The second-order valence-corrected chi connectivity index (χ2v) is 6.04. The molecule has 134 valence electrons. The van der Waals surface area contributed by atoms with Crippen molar-refractivity contribution in [3.8, 4) is 11.4 Å². The van der Waals surface area contributed by atoms with Crippen LogP contribution in [0.3, 0.4) is 0 Å². The second kappa shape index (κ2) is 7.05. The van der Waals surface area contributed by atoms with Crippen molar-refractivity contribution in [3.05, 3.63) is 89.7 Å². The molecule has 6 nitrogen and oxygen atoms in total. The van der Waals surface area contributed by atoms with Gasteiger partial charge in [0.05, 0.1) is 10.7 Å². The maximum Gasteiger partial charge on any atom is 0.276 e. The van der Waals surface area contributed by atoms with Gasteiger partial charge in [0, 0.05) is 18.6 Å².